The average molecular weight is 483 g/mol. The van der Waals surface area contributed by atoms with Crippen LogP contribution in [0.15, 0.2) is 51.1 Å². The van der Waals surface area contributed by atoms with Gasteiger partial charge in [-0.25, -0.2) is 9.78 Å². The third kappa shape index (κ3) is 3.95. The number of benzene rings is 1. The van der Waals surface area contributed by atoms with Gasteiger partial charge in [-0.1, -0.05) is 19.9 Å². The Morgan fingerprint density at radius 3 is 2.59 bits per heavy atom. The predicted molar refractivity (Wildman–Crippen MR) is 114 cm³/mol. The van der Waals surface area contributed by atoms with E-state index >= 15 is 0 Å². The van der Waals surface area contributed by atoms with Gasteiger partial charge < -0.3 is 4.42 Å². The van der Waals surface area contributed by atoms with E-state index in [9.17, 15) is 26.4 Å². The molecule has 0 radical (unpaired) electrons. The molecule has 0 bridgehead atoms. The smallest absolute Gasteiger partial charge is 0.407 e. The lowest BCUT2D eigenvalue weighted by atomic mass is 10.1. The maximum Gasteiger partial charge on any atom is 0.517 e. The lowest BCUT2D eigenvalue weighted by Gasteiger charge is -2.07. The lowest BCUT2D eigenvalue weighted by molar-refractivity contribution is -0.0447. The van der Waals surface area contributed by atoms with Gasteiger partial charge in [-0.3, -0.25) is 4.98 Å². The number of thiazole rings is 1. The van der Waals surface area contributed by atoms with Crippen LogP contribution in [0.5, 0.6) is 0 Å². The van der Waals surface area contributed by atoms with Crippen molar-refractivity contribution < 1.29 is 26.0 Å². The number of rotatable bonds is 5. The summed E-state index contributed by atoms with van der Waals surface area (Å²) in [5.41, 5.74) is -3.66. The Kier molecular flexibility index (Phi) is 5.45. The Bertz CT molecular complexity index is 1470. The molecule has 0 aliphatic rings. The van der Waals surface area contributed by atoms with Crippen LogP contribution in [-0.2, 0) is 16.4 Å². The molecule has 32 heavy (non-hydrogen) atoms. The zero-order chi connectivity index (χ0) is 23.3. The quantitative estimate of drug-likeness (QED) is 0.409. The van der Waals surface area contributed by atoms with Gasteiger partial charge in [0.05, 0.1) is 5.69 Å². The zero-order valence-corrected chi connectivity index (χ0v) is 18.4. The first-order valence-corrected chi connectivity index (χ1v) is 11.7. The van der Waals surface area contributed by atoms with E-state index in [1.54, 1.807) is 11.6 Å². The molecule has 0 amide bonds. The summed E-state index contributed by atoms with van der Waals surface area (Å²) in [7, 11) is -5.92. The number of nitrogens with zero attached hydrogens (tertiary/aromatic N) is 3. The van der Waals surface area contributed by atoms with Crippen LogP contribution in [0.4, 0.5) is 13.2 Å². The molecule has 3 aromatic heterocycles. The lowest BCUT2D eigenvalue weighted by Crippen LogP contribution is -2.35. The van der Waals surface area contributed by atoms with Crippen LogP contribution in [0.3, 0.4) is 0 Å². The topological polar surface area (TPSA) is 95.1 Å². The number of hydrogen-bond donors (Lipinski definition) is 0. The Balaban J connectivity index is 1.72. The summed E-state index contributed by atoms with van der Waals surface area (Å²) in [6.07, 6.45) is 2.53. The summed E-state index contributed by atoms with van der Waals surface area (Å²) < 4.78 is 66.6. The van der Waals surface area contributed by atoms with Crippen molar-refractivity contribution in [2.45, 2.75) is 25.8 Å². The molecule has 0 spiro atoms. The van der Waals surface area contributed by atoms with Gasteiger partial charge in [0.25, 0.3) is 0 Å². The molecule has 0 saturated heterocycles. The van der Waals surface area contributed by atoms with Crippen molar-refractivity contribution in [2.75, 3.05) is 0 Å². The maximum absolute atomic E-state index is 12.9. The van der Waals surface area contributed by atoms with Crippen molar-refractivity contribution in [3.05, 3.63) is 58.2 Å². The summed E-state index contributed by atoms with van der Waals surface area (Å²) in [6.45, 7) is 4.19. The molecule has 4 rings (SSSR count). The molecule has 0 fully saturated rings. The van der Waals surface area contributed by atoms with Crippen molar-refractivity contribution in [1.82, 2.24) is 13.9 Å². The minimum absolute atomic E-state index is 0.294. The number of alkyl halides is 3. The van der Waals surface area contributed by atoms with Crippen LogP contribution in [0.2, 0.25) is 0 Å². The summed E-state index contributed by atoms with van der Waals surface area (Å²) in [5.74, 6) is -1.19. The highest BCUT2D eigenvalue weighted by Gasteiger charge is 2.49. The molecule has 168 valence electrons. The summed E-state index contributed by atoms with van der Waals surface area (Å²) in [6, 6.07) is 7.54. The van der Waals surface area contributed by atoms with Crippen LogP contribution >= 0.6 is 11.3 Å². The number of fused-ring (bicyclic) bond motifs is 1. The number of halogens is 3. The second-order valence-electron chi connectivity index (χ2n) is 7.44. The van der Waals surface area contributed by atoms with Gasteiger partial charge in [-0.2, -0.15) is 25.6 Å². The second-order valence-corrected chi connectivity index (χ2v) is 10.1. The molecule has 3 heterocycles. The van der Waals surface area contributed by atoms with Crippen molar-refractivity contribution in [3.8, 4) is 21.8 Å². The number of aromatic nitrogens is 3. The summed E-state index contributed by atoms with van der Waals surface area (Å²) in [4.78, 5) is 20.8. The molecule has 0 atom stereocenters. The molecule has 4 aromatic rings. The first-order chi connectivity index (χ1) is 15.0. The van der Waals surface area contributed by atoms with E-state index in [4.69, 9.17) is 4.42 Å². The van der Waals surface area contributed by atoms with Crippen LogP contribution < -0.4 is 5.76 Å². The maximum atomic E-state index is 12.9. The monoisotopic (exact) mass is 483 g/mol. The molecule has 12 heteroatoms. The molecular weight excluding hydrogens is 467 g/mol. The molecule has 7 nitrogen and oxygen atoms in total. The fourth-order valence-electron chi connectivity index (χ4n) is 3.17. The van der Waals surface area contributed by atoms with Gasteiger partial charge in [0.2, 0.25) is 0 Å². The molecule has 0 aliphatic carbocycles. The SMILES string of the molecule is CC(C)Cc1cc(-c2nc(-c3ccc4c(c3)oc(=O)n4S(=O)(=O)C(F)(F)F)cs2)ccn1. The Morgan fingerprint density at radius 2 is 1.91 bits per heavy atom. The minimum atomic E-state index is -5.92. The van der Waals surface area contributed by atoms with Gasteiger partial charge >= 0.3 is 21.3 Å². The van der Waals surface area contributed by atoms with Gasteiger partial charge in [-0.05, 0) is 36.6 Å². The van der Waals surface area contributed by atoms with Crippen molar-refractivity contribution in [1.29, 1.82) is 0 Å². The second kappa shape index (κ2) is 7.85. The van der Waals surface area contributed by atoms with Gasteiger partial charge in [0.15, 0.2) is 5.58 Å². The Morgan fingerprint density at radius 1 is 1.16 bits per heavy atom. The predicted octanol–water partition coefficient (Wildman–Crippen LogP) is 4.68. The van der Waals surface area contributed by atoms with E-state index in [0.717, 1.165) is 23.7 Å². The molecule has 0 saturated carbocycles. The van der Waals surface area contributed by atoms with Gasteiger partial charge in [0, 0.05) is 28.4 Å². The Labute approximate surface area is 184 Å². The van der Waals surface area contributed by atoms with Gasteiger partial charge in [-0.15, -0.1) is 11.3 Å². The normalized spacial score (nSPS) is 12.7. The zero-order valence-electron chi connectivity index (χ0n) is 16.8. The fraction of sp³-hybridized carbons (Fsp3) is 0.250. The molecule has 1 aromatic carbocycles. The van der Waals surface area contributed by atoms with E-state index in [1.807, 2.05) is 12.1 Å². The summed E-state index contributed by atoms with van der Waals surface area (Å²) >= 11 is 1.37. The van der Waals surface area contributed by atoms with Crippen LogP contribution in [0.1, 0.15) is 19.5 Å². The standard InChI is InChI=1S/C20H16F3N3O4S2/c1-11(2)7-14-8-13(5-6-24-14)18-25-15(10-31-18)12-3-4-16-17(9-12)30-19(27)26(16)32(28,29)20(21,22)23/h3-6,8-11H,7H2,1-2H3. The summed E-state index contributed by atoms with van der Waals surface area (Å²) in [5, 5.41) is 2.46. The highest BCUT2D eigenvalue weighted by atomic mass is 32.2. The molecule has 0 N–H and O–H groups in total. The third-order valence-electron chi connectivity index (χ3n) is 4.56. The van der Waals surface area contributed by atoms with Crippen molar-refractivity contribution >= 4 is 32.5 Å². The Hall–Kier alpha value is -2.99. The van der Waals surface area contributed by atoms with E-state index in [0.29, 0.717) is 22.2 Å². The van der Waals surface area contributed by atoms with Crippen LogP contribution in [-0.4, -0.2) is 27.9 Å². The highest BCUT2D eigenvalue weighted by Crippen LogP contribution is 2.32. The fourth-order valence-corrected chi connectivity index (χ4v) is 4.84. The molecule has 0 unspecified atom stereocenters. The van der Waals surface area contributed by atoms with Crippen molar-refractivity contribution in [3.63, 3.8) is 0 Å². The first-order valence-electron chi connectivity index (χ1n) is 9.36. The van der Waals surface area contributed by atoms with Crippen LogP contribution in [0, 0.1) is 5.92 Å². The number of hydrogen-bond acceptors (Lipinski definition) is 7. The molecular formula is C20H16F3N3O4S2. The number of oxazole rings is 1. The van der Waals surface area contributed by atoms with Crippen LogP contribution in [0.25, 0.3) is 32.9 Å². The first kappa shape index (κ1) is 22.2. The number of pyridine rings is 1. The van der Waals surface area contributed by atoms with E-state index in [-0.39, 0.29) is 9.56 Å². The van der Waals surface area contributed by atoms with E-state index < -0.39 is 26.8 Å². The van der Waals surface area contributed by atoms with E-state index in [2.05, 4.69) is 23.8 Å². The van der Waals surface area contributed by atoms with Crippen molar-refractivity contribution in [2.24, 2.45) is 5.92 Å². The van der Waals surface area contributed by atoms with Gasteiger partial charge in [0.1, 0.15) is 10.5 Å². The largest absolute Gasteiger partial charge is 0.517 e. The highest BCUT2D eigenvalue weighted by molar-refractivity contribution is 7.90. The average Bonchev–Trinajstić information content (AvgIpc) is 3.30. The molecule has 0 aliphatic heterocycles. The van der Waals surface area contributed by atoms with E-state index in [1.165, 1.54) is 23.5 Å². The third-order valence-corrected chi connectivity index (χ3v) is 6.86. The minimum Gasteiger partial charge on any atom is -0.407 e.